The summed E-state index contributed by atoms with van der Waals surface area (Å²) < 4.78 is 11.1. The Hall–Kier alpha value is -1.66. The molecule has 390 valence electrons. The van der Waals surface area contributed by atoms with Crippen LogP contribution in [0.3, 0.4) is 0 Å². The summed E-state index contributed by atoms with van der Waals surface area (Å²) >= 11 is 0. The Kier molecular flexibility index (Phi) is 51.4. The van der Waals surface area contributed by atoms with Crippen molar-refractivity contribution >= 4 is 11.9 Å². The lowest BCUT2D eigenvalue weighted by Gasteiger charge is -2.29. The van der Waals surface area contributed by atoms with E-state index >= 15 is 0 Å². The Morgan fingerprint density at radius 2 is 0.682 bits per heavy atom. The topological polar surface area (TPSA) is 76.1 Å². The smallest absolute Gasteiger partial charge is 0.305 e. The summed E-state index contributed by atoms with van der Waals surface area (Å²) in [7, 11) is 0. The summed E-state index contributed by atoms with van der Waals surface area (Å²) in [6.45, 7) is 13.6. The first-order chi connectivity index (χ1) is 32.4. The van der Waals surface area contributed by atoms with Crippen molar-refractivity contribution in [3.63, 3.8) is 0 Å². The SMILES string of the molecule is CCCCCCCC/C=C\CCCCCCCC(=O)OCCCCCCC(O)(CCCCCCOC(=O)CCCCCCC/C=C\CCCCCCCC)CCCCN(CCC)CCCC. The molecule has 0 aliphatic heterocycles. The van der Waals surface area contributed by atoms with Gasteiger partial charge in [-0.3, -0.25) is 9.59 Å². The van der Waals surface area contributed by atoms with Crippen LogP contribution in [0.5, 0.6) is 0 Å². The van der Waals surface area contributed by atoms with Crippen molar-refractivity contribution in [3.8, 4) is 0 Å². The van der Waals surface area contributed by atoms with Crippen LogP contribution in [0.4, 0.5) is 0 Å². The van der Waals surface area contributed by atoms with Crippen molar-refractivity contribution in [2.75, 3.05) is 32.8 Å². The zero-order valence-electron chi connectivity index (χ0n) is 45.0. The molecule has 0 amide bonds. The maximum absolute atomic E-state index is 12.3. The van der Waals surface area contributed by atoms with Gasteiger partial charge in [0.2, 0.25) is 0 Å². The first-order valence-corrected chi connectivity index (χ1v) is 29.5. The predicted molar refractivity (Wildman–Crippen MR) is 287 cm³/mol. The molecule has 0 rings (SSSR count). The van der Waals surface area contributed by atoms with Gasteiger partial charge < -0.3 is 19.5 Å². The molecule has 0 atom stereocenters. The minimum Gasteiger partial charge on any atom is -0.466 e. The Morgan fingerprint density at radius 3 is 1.08 bits per heavy atom. The second-order valence-electron chi connectivity index (χ2n) is 20.3. The molecule has 0 heterocycles. The first-order valence-electron chi connectivity index (χ1n) is 29.5. The molecule has 0 spiro atoms. The van der Waals surface area contributed by atoms with Gasteiger partial charge in [-0.05, 0) is 142 Å². The van der Waals surface area contributed by atoms with Crippen molar-refractivity contribution in [2.24, 2.45) is 0 Å². The lowest BCUT2D eigenvalue weighted by molar-refractivity contribution is -0.144. The highest BCUT2D eigenvalue weighted by molar-refractivity contribution is 5.69. The Balaban J connectivity index is 4.20. The largest absolute Gasteiger partial charge is 0.466 e. The van der Waals surface area contributed by atoms with E-state index < -0.39 is 5.60 Å². The fourth-order valence-electron chi connectivity index (χ4n) is 9.21. The molecule has 0 aromatic rings. The molecule has 0 aliphatic rings. The number of hydrogen-bond donors (Lipinski definition) is 1. The molecule has 66 heavy (non-hydrogen) atoms. The van der Waals surface area contributed by atoms with Crippen LogP contribution in [0.25, 0.3) is 0 Å². The number of esters is 2. The van der Waals surface area contributed by atoms with Crippen molar-refractivity contribution in [1.82, 2.24) is 4.90 Å². The van der Waals surface area contributed by atoms with Crippen LogP contribution < -0.4 is 0 Å². The van der Waals surface area contributed by atoms with Gasteiger partial charge in [0.15, 0.2) is 0 Å². The zero-order valence-corrected chi connectivity index (χ0v) is 45.0. The van der Waals surface area contributed by atoms with Gasteiger partial charge in [-0.2, -0.15) is 0 Å². The second kappa shape index (κ2) is 52.7. The van der Waals surface area contributed by atoms with Gasteiger partial charge in [-0.1, -0.05) is 200 Å². The minimum absolute atomic E-state index is 0.0406. The van der Waals surface area contributed by atoms with Gasteiger partial charge in [-0.15, -0.1) is 0 Å². The van der Waals surface area contributed by atoms with Crippen LogP contribution in [0.1, 0.15) is 310 Å². The third kappa shape index (κ3) is 48.8. The number of hydrogen-bond acceptors (Lipinski definition) is 6. The van der Waals surface area contributed by atoms with E-state index in [1.54, 1.807) is 0 Å². The predicted octanol–water partition coefficient (Wildman–Crippen LogP) is 18.5. The summed E-state index contributed by atoms with van der Waals surface area (Å²) in [5, 5.41) is 11.9. The molecule has 0 aliphatic carbocycles. The minimum atomic E-state index is -0.605. The number of rotatable bonds is 54. The summed E-state index contributed by atoms with van der Waals surface area (Å²) in [5.41, 5.74) is -0.605. The Labute approximate surface area is 412 Å². The number of nitrogens with zero attached hydrogens (tertiary/aromatic N) is 1. The molecule has 6 heteroatoms. The van der Waals surface area contributed by atoms with Crippen LogP contribution in [0.2, 0.25) is 0 Å². The molecule has 0 saturated heterocycles. The van der Waals surface area contributed by atoms with Gasteiger partial charge in [0.05, 0.1) is 18.8 Å². The highest BCUT2D eigenvalue weighted by Crippen LogP contribution is 2.29. The molecule has 0 aromatic heterocycles. The monoisotopic (exact) mass is 930 g/mol. The molecule has 0 aromatic carbocycles. The lowest BCUT2D eigenvalue weighted by Crippen LogP contribution is -2.30. The number of allylic oxidation sites excluding steroid dienone is 4. The van der Waals surface area contributed by atoms with Crippen LogP contribution >= 0.6 is 0 Å². The van der Waals surface area contributed by atoms with E-state index in [1.165, 1.54) is 174 Å². The van der Waals surface area contributed by atoms with Crippen molar-refractivity contribution < 1.29 is 24.2 Å². The van der Waals surface area contributed by atoms with Crippen molar-refractivity contribution in [3.05, 3.63) is 24.3 Å². The summed E-state index contributed by atoms with van der Waals surface area (Å²) in [6.07, 6.45) is 59.9. The Morgan fingerprint density at radius 1 is 0.364 bits per heavy atom. The molecular weight excluding hydrogens is 815 g/mol. The van der Waals surface area contributed by atoms with Gasteiger partial charge in [0, 0.05) is 12.8 Å². The fraction of sp³-hybridized carbons (Fsp3) is 0.900. The normalized spacial score (nSPS) is 12.1. The third-order valence-corrected chi connectivity index (χ3v) is 13.6. The van der Waals surface area contributed by atoms with E-state index in [9.17, 15) is 14.7 Å². The molecule has 0 saturated carbocycles. The first kappa shape index (κ1) is 64.3. The van der Waals surface area contributed by atoms with E-state index in [0.29, 0.717) is 26.1 Å². The number of ether oxygens (including phenoxy) is 2. The number of unbranched alkanes of at least 4 members (excludes halogenated alkanes) is 30. The fourth-order valence-corrected chi connectivity index (χ4v) is 9.21. The maximum Gasteiger partial charge on any atom is 0.305 e. The van der Waals surface area contributed by atoms with Crippen LogP contribution in [-0.2, 0) is 19.1 Å². The van der Waals surface area contributed by atoms with E-state index in [4.69, 9.17) is 9.47 Å². The van der Waals surface area contributed by atoms with Crippen molar-refractivity contribution in [1.29, 1.82) is 0 Å². The lowest BCUT2D eigenvalue weighted by atomic mass is 9.85. The van der Waals surface area contributed by atoms with Crippen molar-refractivity contribution in [2.45, 2.75) is 316 Å². The highest BCUT2D eigenvalue weighted by atomic mass is 16.5. The molecule has 0 unspecified atom stereocenters. The average Bonchev–Trinajstić information content (AvgIpc) is 3.31. The van der Waals surface area contributed by atoms with E-state index in [-0.39, 0.29) is 11.9 Å². The molecular formula is C60H115NO5. The zero-order chi connectivity index (χ0) is 48.1. The molecule has 0 bridgehead atoms. The van der Waals surface area contributed by atoms with Crippen LogP contribution in [0, 0.1) is 0 Å². The average molecular weight is 931 g/mol. The summed E-state index contributed by atoms with van der Waals surface area (Å²) in [4.78, 5) is 27.2. The van der Waals surface area contributed by atoms with Crippen LogP contribution in [-0.4, -0.2) is 60.4 Å². The second-order valence-corrected chi connectivity index (χ2v) is 20.3. The Bertz CT molecular complexity index is 992. The molecule has 1 N–H and O–H groups in total. The molecule has 0 fully saturated rings. The molecule has 0 radical (unpaired) electrons. The number of carbonyl (C=O) groups is 2. The van der Waals surface area contributed by atoms with E-state index in [1.807, 2.05) is 0 Å². The summed E-state index contributed by atoms with van der Waals surface area (Å²) in [6, 6.07) is 0. The number of carbonyl (C=O) groups excluding carboxylic acids is 2. The van der Waals surface area contributed by atoms with Gasteiger partial charge in [-0.25, -0.2) is 0 Å². The maximum atomic E-state index is 12.3. The summed E-state index contributed by atoms with van der Waals surface area (Å²) in [5.74, 6) is -0.0813. The van der Waals surface area contributed by atoms with Gasteiger partial charge in [0.25, 0.3) is 0 Å². The van der Waals surface area contributed by atoms with E-state index in [0.717, 1.165) is 116 Å². The van der Waals surface area contributed by atoms with Gasteiger partial charge >= 0.3 is 11.9 Å². The van der Waals surface area contributed by atoms with E-state index in [2.05, 4.69) is 56.9 Å². The highest BCUT2D eigenvalue weighted by Gasteiger charge is 2.25. The van der Waals surface area contributed by atoms with Crippen LogP contribution in [0.15, 0.2) is 24.3 Å². The standard InChI is InChI=1S/C60H115NO5/c1-5-9-12-14-16-18-20-22-24-26-28-30-32-34-40-48-58(62)65-56-46-38-36-42-50-60(64,52-44-45-55-61(53-8-4)54-11-7-3)51-43-37-39-47-57-66-59(63)49-41-35-33-31-29-27-25-23-21-19-17-15-13-10-6-2/h22-25,64H,5-21,26-57H2,1-4H3/b24-22-,25-23-. The number of aliphatic hydroxyl groups is 1. The molecule has 6 nitrogen and oxygen atoms in total. The quantitative estimate of drug-likeness (QED) is 0.0372. The third-order valence-electron chi connectivity index (χ3n) is 13.6. The van der Waals surface area contributed by atoms with Gasteiger partial charge in [0.1, 0.15) is 0 Å².